The van der Waals surface area contributed by atoms with Crippen LogP contribution in [0.1, 0.15) is 51.1 Å². The van der Waals surface area contributed by atoms with Crippen LogP contribution in [0.5, 0.6) is 0 Å². The van der Waals surface area contributed by atoms with Crippen molar-refractivity contribution in [3.63, 3.8) is 0 Å². The SMILES string of the molecule is CC1CCCN(c2nc(C(C)(C)C)c(C(N)=S)s2)C1. The van der Waals surface area contributed by atoms with Crippen molar-refractivity contribution in [2.24, 2.45) is 11.7 Å². The van der Waals surface area contributed by atoms with Crippen LogP contribution in [-0.2, 0) is 5.41 Å². The zero-order chi connectivity index (χ0) is 14.2. The van der Waals surface area contributed by atoms with Crippen LogP contribution in [-0.4, -0.2) is 23.1 Å². The van der Waals surface area contributed by atoms with E-state index >= 15 is 0 Å². The van der Waals surface area contributed by atoms with Gasteiger partial charge >= 0.3 is 0 Å². The summed E-state index contributed by atoms with van der Waals surface area (Å²) in [5, 5.41) is 1.08. The summed E-state index contributed by atoms with van der Waals surface area (Å²) >= 11 is 6.84. The van der Waals surface area contributed by atoms with Crippen molar-refractivity contribution in [2.45, 2.75) is 46.0 Å². The molecule has 3 nitrogen and oxygen atoms in total. The van der Waals surface area contributed by atoms with Gasteiger partial charge < -0.3 is 10.6 Å². The van der Waals surface area contributed by atoms with Crippen molar-refractivity contribution in [3.05, 3.63) is 10.6 Å². The van der Waals surface area contributed by atoms with Crippen LogP contribution < -0.4 is 10.6 Å². The molecule has 2 N–H and O–H groups in total. The molecule has 0 amide bonds. The third kappa shape index (κ3) is 3.26. The summed E-state index contributed by atoms with van der Waals surface area (Å²) in [4.78, 5) is 8.68. The lowest BCUT2D eigenvalue weighted by Gasteiger charge is -2.30. The lowest BCUT2D eigenvalue weighted by Crippen LogP contribution is -2.34. The predicted molar refractivity (Wildman–Crippen MR) is 87.3 cm³/mol. The van der Waals surface area contributed by atoms with Gasteiger partial charge in [0.1, 0.15) is 4.99 Å². The zero-order valence-electron chi connectivity index (χ0n) is 12.2. The Hall–Kier alpha value is -0.680. The molecule has 0 bridgehead atoms. The second-order valence-electron chi connectivity index (χ2n) is 6.48. The van der Waals surface area contributed by atoms with Gasteiger partial charge in [0.25, 0.3) is 0 Å². The molecule has 5 heteroatoms. The Morgan fingerprint density at radius 3 is 2.63 bits per heavy atom. The van der Waals surface area contributed by atoms with Crippen molar-refractivity contribution in [3.8, 4) is 0 Å². The molecule has 1 atom stereocenters. The van der Waals surface area contributed by atoms with Crippen molar-refractivity contribution in [1.29, 1.82) is 0 Å². The van der Waals surface area contributed by atoms with Crippen molar-refractivity contribution in [1.82, 2.24) is 4.98 Å². The van der Waals surface area contributed by atoms with Crippen LogP contribution in [0.2, 0.25) is 0 Å². The first-order valence-corrected chi connectivity index (χ1v) is 8.07. The van der Waals surface area contributed by atoms with Crippen molar-refractivity contribution < 1.29 is 0 Å². The summed E-state index contributed by atoms with van der Waals surface area (Å²) < 4.78 is 0. The molecular weight excluding hydrogens is 274 g/mol. The number of anilines is 1. The molecule has 106 valence electrons. The van der Waals surface area contributed by atoms with E-state index in [1.807, 2.05) is 0 Å². The van der Waals surface area contributed by atoms with Crippen LogP contribution in [0, 0.1) is 5.92 Å². The Bertz CT molecular complexity index is 474. The van der Waals surface area contributed by atoms with Gasteiger partial charge in [0.2, 0.25) is 0 Å². The molecule has 0 saturated carbocycles. The normalized spacial score (nSPS) is 20.6. The maximum Gasteiger partial charge on any atom is 0.186 e. The standard InChI is InChI=1S/C14H23N3S2/c1-9-6-5-7-17(8-9)13-16-11(14(2,3)4)10(19-13)12(15)18/h9H,5-8H2,1-4H3,(H2,15,18). The van der Waals surface area contributed by atoms with Crippen LogP contribution in [0.25, 0.3) is 0 Å². The Labute approximate surface area is 125 Å². The molecule has 1 unspecified atom stereocenters. The summed E-state index contributed by atoms with van der Waals surface area (Å²) in [5.74, 6) is 0.740. The molecule has 0 spiro atoms. The summed E-state index contributed by atoms with van der Waals surface area (Å²) in [6.45, 7) is 11.0. The topological polar surface area (TPSA) is 42.2 Å². The lowest BCUT2D eigenvalue weighted by molar-refractivity contribution is 0.445. The van der Waals surface area contributed by atoms with E-state index in [1.165, 1.54) is 12.8 Å². The lowest BCUT2D eigenvalue weighted by atomic mass is 9.91. The van der Waals surface area contributed by atoms with Crippen molar-refractivity contribution in [2.75, 3.05) is 18.0 Å². The number of aromatic nitrogens is 1. The Morgan fingerprint density at radius 2 is 2.16 bits per heavy atom. The fourth-order valence-corrected chi connectivity index (χ4v) is 3.87. The van der Waals surface area contributed by atoms with E-state index in [9.17, 15) is 0 Å². The van der Waals surface area contributed by atoms with Gasteiger partial charge in [-0.1, -0.05) is 51.2 Å². The number of nitrogens with two attached hydrogens (primary N) is 1. The van der Waals surface area contributed by atoms with E-state index in [0.29, 0.717) is 4.99 Å². The smallest absolute Gasteiger partial charge is 0.186 e. The number of hydrogen-bond donors (Lipinski definition) is 1. The minimum absolute atomic E-state index is 0.0189. The molecule has 1 aromatic rings. The minimum atomic E-state index is -0.0189. The first-order valence-electron chi connectivity index (χ1n) is 6.85. The average Bonchev–Trinajstić information content (AvgIpc) is 2.73. The van der Waals surface area contributed by atoms with Crippen LogP contribution in [0.4, 0.5) is 5.13 Å². The summed E-state index contributed by atoms with van der Waals surface area (Å²) in [7, 11) is 0. The quantitative estimate of drug-likeness (QED) is 0.850. The molecular formula is C14H23N3S2. The zero-order valence-corrected chi connectivity index (χ0v) is 13.8. The molecule has 1 aromatic heterocycles. The van der Waals surface area contributed by atoms with Gasteiger partial charge in [0.15, 0.2) is 5.13 Å². The van der Waals surface area contributed by atoms with Crippen LogP contribution in [0.15, 0.2) is 0 Å². The third-order valence-corrected chi connectivity index (χ3v) is 4.96. The second-order valence-corrected chi connectivity index (χ2v) is 7.90. The van der Waals surface area contributed by atoms with Gasteiger partial charge in [0.05, 0.1) is 10.6 Å². The molecule has 0 aromatic carbocycles. The monoisotopic (exact) mass is 297 g/mol. The van der Waals surface area contributed by atoms with Crippen LogP contribution in [0.3, 0.4) is 0 Å². The van der Waals surface area contributed by atoms with Gasteiger partial charge in [-0.05, 0) is 18.8 Å². The van der Waals surface area contributed by atoms with Gasteiger partial charge in [0, 0.05) is 18.5 Å². The average molecular weight is 297 g/mol. The highest BCUT2D eigenvalue weighted by Crippen LogP contribution is 2.35. The first kappa shape index (κ1) is 14.7. The summed E-state index contributed by atoms with van der Waals surface area (Å²) in [6, 6.07) is 0. The number of hydrogen-bond acceptors (Lipinski definition) is 4. The first-order chi connectivity index (χ1) is 8.79. The highest BCUT2D eigenvalue weighted by atomic mass is 32.1. The van der Waals surface area contributed by atoms with Gasteiger partial charge in [-0.3, -0.25) is 0 Å². The van der Waals surface area contributed by atoms with Gasteiger partial charge in [-0.2, -0.15) is 0 Å². The molecule has 19 heavy (non-hydrogen) atoms. The molecule has 0 aliphatic carbocycles. The Morgan fingerprint density at radius 1 is 1.47 bits per heavy atom. The van der Waals surface area contributed by atoms with E-state index in [-0.39, 0.29) is 5.41 Å². The molecule has 2 rings (SSSR count). The molecule has 1 saturated heterocycles. The third-order valence-electron chi connectivity index (χ3n) is 3.48. The Kier molecular flexibility index (Phi) is 4.16. The fourth-order valence-electron chi connectivity index (χ4n) is 2.48. The Balaban J connectivity index is 2.35. The largest absolute Gasteiger partial charge is 0.389 e. The van der Waals surface area contributed by atoms with Gasteiger partial charge in [-0.25, -0.2) is 4.98 Å². The molecule has 1 aliphatic rings. The van der Waals surface area contributed by atoms with E-state index in [2.05, 4.69) is 32.6 Å². The highest BCUT2D eigenvalue weighted by Gasteiger charge is 2.27. The summed E-state index contributed by atoms with van der Waals surface area (Å²) in [5.41, 5.74) is 6.89. The maximum atomic E-state index is 5.86. The number of piperidine rings is 1. The molecule has 2 heterocycles. The van der Waals surface area contributed by atoms with E-state index in [0.717, 1.165) is 34.7 Å². The van der Waals surface area contributed by atoms with Crippen molar-refractivity contribution >= 4 is 33.7 Å². The predicted octanol–water partition coefficient (Wildman–Crippen LogP) is 3.31. The summed E-state index contributed by atoms with van der Waals surface area (Å²) in [6.07, 6.45) is 2.56. The van der Waals surface area contributed by atoms with Crippen LogP contribution >= 0.6 is 23.6 Å². The number of nitrogens with zero attached hydrogens (tertiary/aromatic N) is 2. The van der Waals surface area contributed by atoms with E-state index in [1.54, 1.807) is 11.3 Å². The molecule has 1 aliphatic heterocycles. The van der Waals surface area contributed by atoms with E-state index in [4.69, 9.17) is 22.9 Å². The molecule has 0 radical (unpaired) electrons. The minimum Gasteiger partial charge on any atom is -0.389 e. The van der Waals surface area contributed by atoms with E-state index < -0.39 is 0 Å². The second kappa shape index (κ2) is 5.37. The molecule has 1 fully saturated rings. The number of thiazole rings is 1. The highest BCUT2D eigenvalue weighted by molar-refractivity contribution is 7.81. The maximum absolute atomic E-state index is 5.86. The fraction of sp³-hybridized carbons (Fsp3) is 0.714. The number of rotatable bonds is 2. The van der Waals surface area contributed by atoms with Gasteiger partial charge in [-0.15, -0.1) is 0 Å². The number of thiocarbonyl (C=S) groups is 1.